The predicted molar refractivity (Wildman–Crippen MR) is 55.8 cm³/mol. The topological polar surface area (TPSA) is 60.4 Å². The maximum absolute atomic E-state index is 11.3. The van der Waals surface area contributed by atoms with Crippen molar-refractivity contribution in [3.05, 3.63) is 28.8 Å². The number of hydrogen-bond acceptors (Lipinski definition) is 4. The van der Waals surface area contributed by atoms with Gasteiger partial charge in [0.15, 0.2) is 0 Å². The standard InChI is InChI=1S/C8H6Cl2O4S/c1-14-8(11)7-5(9)3-2-4-6(7)15(10,12)13/h2-4H,1H3. The zero-order valence-corrected chi connectivity index (χ0v) is 9.86. The number of methoxy groups -OCH3 is 1. The van der Waals surface area contributed by atoms with Crippen molar-refractivity contribution in [1.29, 1.82) is 0 Å². The van der Waals surface area contributed by atoms with Crippen molar-refractivity contribution >= 4 is 37.3 Å². The van der Waals surface area contributed by atoms with Gasteiger partial charge in [-0.3, -0.25) is 0 Å². The third-order valence-electron chi connectivity index (χ3n) is 1.63. The zero-order valence-electron chi connectivity index (χ0n) is 7.53. The first-order chi connectivity index (χ1) is 6.88. The van der Waals surface area contributed by atoms with E-state index in [-0.39, 0.29) is 15.5 Å². The van der Waals surface area contributed by atoms with Crippen LogP contribution in [0.5, 0.6) is 0 Å². The number of benzene rings is 1. The summed E-state index contributed by atoms with van der Waals surface area (Å²) in [6.45, 7) is 0. The average Bonchev–Trinajstić information content (AvgIpc) is 2.15. The van der Waals surface area contributed by atoms with Gasteiger partial charge in [0.25, 0.3) is 9.05 Å². The van der Waals surface area contributed by atoms with E-state index >= 15 is 0 Å². The molecule has 0 bridgehead atoms. The van der Waals surface area contributed by atoms with Gasteiger partial charge in [-0.15, -0.1) is 0 Å². The summed E-state index contributed by atoms with van der Waals surface area (Å²) < 4.78 is 26.7. The van der Waals surface area contributed by atoms with Gasteiger partial charge in [0.1, 0.15) is 0 Å². The molecular formula is C8H6Cl2O4S. The monoisotopic (exact) mass is 268 g/mol. The summed E-state index contributed by atoms with van der Waals surface area (Å²) in [7, 11) is 2.24. The Morgan fingerprint density at radius 2 is 2.00 bits per heavy atom. The molecule has 4 nitrogen and oxygen atoms in total. The van der Waals surface area contributed by atoms with Gasteiger partial charge < -0.3 is 4.74 Å². The molecule has 0 spiro atoms. The van der Waals surface area contributed by atoms with Gasteiger partial charge in [-0.1, -0.05) is 17.7 Å². The summed E-state index contributed by atoms with van der Waals surface area (Å²) in [5.74, 6) is -0.847. The van der Waals surface area contributed by atoms with E-state index in [2.05, 4.69) is 4.74 Å². The van der Waals surface area contributed by atoms with Crippen LogP contribution in [0.2, 0.25) is 5.02 Å². The lowest BCUT2D eigenvalue weighted by Crippen LogP contribution is -2.08. The Morgan fingerprint density at radius 1 is 1.40 bits per heavy atom. The Bertz CT molecular complexity index is 495. The Hall–Kier alpha value is -0.780. The highest BCUT2D eigenvalue weighted by molar-refractivity contribution is 8.13. The molecule has 0 atom stereocenters. The minimum atomic E-state index is -4.02. The van der Waals surface area contributed by atoms with Crippen LogP contribution >= 0.6 is 22.3 Å². The van der Waals surface area contributed by atoms with Gasteiger partial charge in [0.2, 0.25) is 0 Å². The number of carbonyl (C=O) groups excluding carboxylic acids is 1. The van der Waals surface area contributed by atoms with Crippen LogP contribution in [-0.2, 0) is 13.8 Å². The molecule has 0 heterocycles. The second-order valence-electron chi connectivity index (χ2n) is 2.54. The molecule has 0 fully saturated rings. The number of rotatable bonds is 2. The molecule has 7 heteroatoms. The van der Waals surface area contributed by atoms with Crippen molar-refractivity contribution in [2.24, 2.45) is 0 Å². The van der Waals surface area contributed by atoms with Crippen molar-refractivity contribution in [2.75, 3.05) is 7.11 Å². The highest BCUT2D eigenvalue weighted by atomic mass is 35.7. The van der Waals surface area contributed by atoms with E-state index < -0.39 is 15.0 Å². The molecule has 1 aromatic carbocycles. The second kappa shape index (κ2) is 4.38. The number of ether oxygens (including phenoxy) is 1. The molecule has 0 aliphatic rings. The molecule has 0 saturated heterocycles. The normalized spacial score (nSPS) is 11.1. The van der Waals surface area contributed by atoms with E-state index in [4.69, 9.17) is 22.3 Å². The highest BCUT2D eigenvalue weighted by Gasteiger charge is 2.23. The number of carbonyl (C=O) groups is 1. The highest BCUT2D eigenvalue weighted by Crippen LogP contribution is 2.26. The molecule has 0 N–H and O–H groups in total. The summed E-state index contributed by atoms with van der Waals surface area (Å²) in [4.78, 5) is 10.9. The first-order valence-corrected chi connectivity index (χ1v) is 6.38. The van der Waals surface area contributed by atoms with E-state index in [1.165, 1.54) is 18.2 Å². The van der Waals surface area contributed by atoms with E-state index in [1.807, 2.05) is 0 Å². The Morgan fingerprint density at radius 3 is 2.47 bits per heavy atom. The fraction of sp³-hybridized carbons (Fsp3) is 0.125. The van der Waals surface area contributed by atoms with Crippen LogP contribution < -0.4 is 0 Å². The molecule has 82 valence electrons. The zero-order chi connectivity index (χ0) is 11.6. The Kier molecular flexibility index (Phi) is 3.59. The molecule has 1 aromatic rings. The lowest BCUT2D eigenvalue weighted by atomic mass is 10.2. The summed E-state index contributed by atoms with van der Waals surface area (Å²) in [5.41, 5.74) is -0.253. The van der Waals surface area contributed by atoms with Crippen LogP contribution in [0, 0.1) is 0 Å². The first kappa shape index (κ1) is 12.3. The van der Waals surface area contributed by atoms with E-state index in [0.29, 0.717) is 0 Å². The lowest BCUT2D eigenvalue weighted by Gasteiger charge is -2.06. The number of esters is 1. The van der Waals surface area contributed by atoms with E-state index in [9.17, 15) is 13.2 Å². The van der Waals surface area contributed by atoms with Crippen LogP contribution in [0.4, 0.5) is 0 Å². The number of hydrogen-bond donors (Lipinski definition) is 0. The molecule has 0 amide bonds. The maximum atomic E-state index is 11.3. The molecular weight excluding hydrogens is 263 g/mol. The molecule has 0 aliphatic heterocycles. The van der Waals surface area contributed by atoms with Crippen LogP contribution in [0.15, 0.2) is 23.1 Å². The van der Waals surface area contributed by atoms with Crippen molar-refractivity contribution in [3.63, 3.8) is 0 Å². The number of halogens is 2. The van der Waals surface area contributed by atoms with Crippen molar-refractivity contribution in [3.8, 4) is 0 Å². The van der Waals surface area contributed by atoms with E-state index in [0.717, 1.165) is 7.11 Å². The van der Waals surface area contributed by atoms with Crippen LogP contribution in [0.25, 0.3) is 0 Å². The quantitative estimate of drug-likeness (QED) is 0.609. The summed E-state index contributed by atoms with van der Waals surface area (Å²) in [6.07, 6.45) is 0. The third kappa shape index (κ3) is 2.62. The van der Waals surface area contributed by atoms with Crippen molar-refractivity contribution in [1.82, 2.24) is 0 Å². The smallest absolute Gasteiger partial charge is 0.340 e. The molecule has 0 aromatic heterocycles. The minimum Gasteiger partial charge on any atom is -0.465 e. The lowest BCUT2D eigenvalue weighted by molar-refractivity contribution is 0.0596. The fourth-order valence-corrected chi connectivity index (χ4v) is 2.38. The molecule has 0 saturated carbocycles. The molecule has 0 radical (unpaired) electrons. The molecule has 0 aliphatic carbocycles. The fourth-order valence-electron chi connectivity index (χ4n) is 1.01. The minimum absolute atomic E-state index is 0.0245. The van der Waals surface area contributed by atoms with Crippen molar-refractivity contribution in [2.45, 2.75) is 4.90 Å². The predicted octanol–water partition coefficient (Wildman–Crippen LogP) is 2.05. The average molecular weight is 269 g/mol. The van der Waals surface area contributed by atoms with Gasteiger partial charge in [-0.2, -0.15) is 0 Å². The molecule has 15 heavy (non-hydrogen) atoms. The Labute approximate surface area is 96.2 Å². The van der Waals surface area contributed by atoms with Gasteiger partial charge in [-0.05, 0) is 12.1 Å². The van der Waals surface area contributed by atoms with Crippen LogP contribution in [0.1, 0.15) is 10.4 Å². The third-order valence-corrected chi connectivity index (χ3v) is 3.31. The van der Waals surface area contributed by atoms with Gasteiger partial charge in [0, 0.05) is 10.7 Å². The van der Waals surface area contributed by atoms with Gasteiger partial charge in [0.05, 0.1) is 22.6 Å². The SMILES string of the molecule is COC(=O)c1c(Cl)cccc1S(=O)(=O)Cl. The maximum Gasteiger partial charge on any atom is 0.340 e. The first-order valence-electron chi connectivity index (χ1n) is 3.69. The van der Waals surface area contributed by atoms with Gasteiger partial charge in [-0.25, -0.2) is 13.2 Å². The largest absolute Gasteiger partial charge is 0.465 e. The summed E-state index contributed by atoms with van der Waals surface area (Å²) in [5, 5.41) is -0.0245. The van der Waals surface area contributed by atoms with Crippen molar-refractivity contribution < 1.29 is 17.9 Å². The van der Waals surface area contributed by atoms with E-state index in [1.54, 1.807) is 0 Å². The summed E-state index contributed by atoms with van der Waals surface area (Å²) >= 11 is 5.69. The summed E-state index contributed by atoms with van der Waals surface area (Å²) in [6, 6.07) is 3.93. The van der Waals surface area contributed by atoms with Crippen LogP contribution in [-0.4, -0.2) is 21.5 Å². The van der Waals surface area contributed by atoms with Crippen LogP contribution in [0.3, 0.4) is 0 Å². The van der Waals surface area contributed by atoms with Gasteiger partial charge >= 0.3 is 5.97 Å². The Balaban J connectivity index is 3.54. The molecule has 1 rings (SSSR count). The second-order valence-corrected chi connectivity index (χ2v) is 5.48. The molecule has 0 unspecified atom stereocenters.